The molecule has 0 radical (unpaired) electrons. The predicted octanol–water partition coefficient (Wildman–Crippen LogP) is 4.89. The first-order chi connectivity index (χ1) is 14.3. The summed E-state index contributed by atoms with van der Waals surface area (Å²) in [6.45, 7) is 2.53. The third-order valence-corrected chi connectivity index (χ3v) is 5.82. The monoisotopic (exact) mass is 461 g/mol. The zero-order chi connectivity index (χ0) is 21.5. The molecule has 3 aromatic rings. The average Bonchev–Trinajstić information content (AvgIpc) is 3.03. The number of piperidine rings is 1. The minimum absolute atomic E-state index is 0. The summed E-state index contributed by atoms with van der Waals surface area (Å²) >= 11 is 0. The summed E-state index contributed by atoms with van der Waals surface area (Å²) in [6, 6.07) is 4.19. The number of nitrogens with zero attached hydrogens (tertiary/aromatic N) is 3. The Morgan fingerprint density at radius 3 is 2.42 bits per heavy atom. The minimum Gasteiger partial charge on any atom is -0.494 e. The van der Waals surface area contributed by atoms with Gasteiger partial charge in [-0.3, -0.25) is 0 Å². The van der Waals surface area contributed by atoms with E-state index in [0.29, 0.717) is 29.4 Å². The minimum atomic E-state index is -4.62. The highest BCUT2D eigenvalue weighted by atomic mass is 35.5. The van der Waals surface area contributed by atoms with Crippen LogP contribution >= 0.6 is 12.4 Å². The molecule has 0 aliphatic carbocycles. The van der Waals surface area contributed by atoms with Crippen molar-refractivity contribution < 1.29 is 27.0 Å². The van der Waals surface area contributed by atoms with Crippen LogP contribution in [0.1, 0.15) is 18.5 Å². The van der Waals surface area contributed by atoms with E-state index in [2.05, 4.69) is 9.88 Å². The molecule has 0 spiro atoms. The smallest absolute Gasteiger partial charge is 0.435 e. The van der Waals surface area contributed by atoms with Crippen LogP contribution in [0.25, 0.3) is 21.8 Å². The number of fused-ring (bicyclic) bond motifs is 3. The second-order valence-electron chi connectivity index (χ2n) is 7.49. The van der Waals surface area contributed by atoms with Crippen LogP contribution in [0, 0.1) is 5.82 Å². The number of ether oxygens (including phenoxy) is 2. The number of hydrogen-bond donors (Lipinski definition) is 0. The van der Waals surface area contributed by atoms with Gasteiger partial charge >= 0.3 is 6.18 Å². The second kappa shape index (κ2) is 9.18. The van der Waals surface area contributed by atoms with Gasteiger partial charge in [0.25, 0.3) is 0 Å². The van der Waals surface area contributed by atoms with Crippen LogP contribution < -0.4 is 4.74 Å². The fraction of sp³-hybridized carbons (Fsp3) is 0.476. The number of pyridine rings is 1. The summed E-state index contributed by atoms with van der Waals surface area (Å²) in [7, 11) is 3.02. The van der Waals surface area contributed by atoms with E-state index < -0.39 is 17.7 Å². The van der Waals surface area contributed by atoms with Crippen molar-refractivity contribution in [2.24, 2.45) is 0 Å². The van der Waals surface area contributed by atoms with Gasteiger partial charge in [-0.1, -0.05) is 0 Å². The number of methoxy groups -OCH3 is 2. The molecule has 5 nitrogen and oxygen atoms in total. The normalized spacial score (nSPS) is 16.1. The third-order valence-electron chi connectivity index (χ3n) is 5.82. The Morgan fingerprint density at radius 2 is 1.81 bits per heavy atom. The first kappa shape index (κ1) is 23.6. The van der Waals surface area contributed by atoms with Gasteiger partial charge in [-0.05, 0) is 25.0 Å². The van der Waals surface area contributed by atoms with Crippen molar-refractivity contribution in [1.29, 1.82) is 0 Å². The Hall–Kier alpha value is -2.10. The Balaban J connectivity index is 0.00000272. The van der Waals surface area contributed by atoms with Crippen molar-refractivity contribution in [2.75, 3.05) is 33.9 Å². The topological polar surface area (TPSA) is 39.5 Å². The van der Waals surface area contributed by atoms with E-state index in [-0.39, 0.29) is 29.8 Å². The molecule has 0 N–H and O–H groups in total. The highest BCUT2D eigenvalue weighted by Crippen LogP contribution is 2.39. The highest BCUT2D eigenvalue weighted by Gasteiger charge is 2.36. The lowest BCUT2D eigenvalue weighted by atomic mass is 10.1. The van der Waals surface area contributed by atoms with Crippen LogP contribution in [-0.2, 0) is 17.5 Å². The van der Waals surface area contributed by atoms with Crippen molar-refractivity contribution in [1.82, 2.24) is 14.5 Å². The van der Waals surface area contributed by atoms with Gasteiger partial charge in [0.1, 0.15) is 0 Å². The molecular weight excluding hydrogens is 438 g/mol. The SMILES string of the molecule is COc1cc2c(cc1F)c1ccnc(C(F)(F)F)c1n2CCN1CCC(OC)CC1.Cl. The van der Waals surface area contributed by atoms with Gasteiger partial charge in [0.05, 0.1) is 24.2 Å². The molecule has 1 aromatic carbocycles. The van der Waals surface area contributed by atoms with Gasteiger partial charge in [-0.25, -0.2) is 9.37 Å². The van der Waals surface area contributed by atoms with Gasteiger partial charge in [0.2, 0.25) is 0 Å². The van der Waals surface area contributed by atoms with E-state index in [1.807, 2.05) is 0 Å². The number of hydrogen-bond acceptors (Lipinski definition) is 4. The molecule has 0 atom stereocenters. The molecule has 1 aliphatic rings. The lowest BCUT2D eigenvalue weighted by Crippen LogP contribution is -2.38. The quantitative estimate of drug-likeness (QED) is 0.507. The Bertz CT molecular complexity index is 1060. The van der Waals surface area contributed by atoms with E-state index in [1.54, 1.807) is 11.7 Å². The first-order valence-corrected chi connectivity index (χ1v) is 9.80. The zero-order valence-electron chi connectivity index (χ0n) is 17.2. The Morgan fingerprint density at radius 1 is 1.10 bits per heavy atom. The largest absolute Gasteiger partial charge is 0.494 e. The molecule has 10 heteroatoms. The summed E-state index contributed by atoms with van der Waals surface area (Å²) in [5, 5.41) is 0.737. The van der Waals surface area contributed by atoms with Crippen LogP contribution in [0.3, 0.4) is 0 Å². The van der Waals surface area contributed by atoms with Crippen LogP contribution in [0.15, 0.2) is 24.4 Å². The van der Waals surface area contributed by atoms with Gasteiger partial charge in [0.15, 0.2) is 17.3 Å². The predicted molar refractivity (Wildman–Crippen MR) is 112 cm³/mol. The summed E-state index contributed by atoms with van der Waals surface area (Å²) in [5.74, 6) is -0.620. The molecule has 31 heavy (non-hydrogen) atoms. The lowest BCUT2D eigenvalue weighted by molar-refractivity contribution is -0.140. The van der Waals surface area contributed by atoms with Gasteiger partial charge in [-0.2, -0.15) is 13.2 Å². The Kier molecular flexibility index (Phi) is 6.98. The van der Waals surface area contributed by atoms with Crippen molar-refractivity contribution in [2.45, 2.75) is 31.7 Å². The molecule has 1 aliphatic heterocycles. The summed E-state index contributed by atoms with van der Waals surface area (Å²) in [5.41, 5.74) is -0.498. The molecule has 1 fully saturated rings. The highest BCUT2D eigenvalue weighted by molar-refractivity contribution is 6.09. The molecule has 1 saturated heterocycles. The molecule has 2 aromatic heterocycles. The molecule has 3 heterocycles. The van der Waals surface area contributed by atoms with Gasteiger partial charge < -0.3 is 18.9 Å². The number of rotatable bonds is 5. The van der Waals surface area contributed by atoms with Gasteiger partial charge in [-0.15, -0.1) is 12.4 Å². The van der Waals surface area contributed by atoms with Crippen LogP contribution in [0.4, 0.5) is 17.6 Å². The molecule has 0 saturated carbocycles. The van der Waals surface area contributed by atoms with E-state index in [0.717, 1.165) is 32.1 Å². The summed E-state index contributed by atoms with van der Waals surface area (Å²) < 4.78 is 67.6. The average molecular weight is 462 g/mol. The van der Waals surface area contributed by atoms with Crippen LogP contribution in [0.2, 0.25) is 0 Å². The number of aromatic nitrogens is 2. The summed E-state index contributed by atoms with van der Waals surface area (Å²) in [4.78, 5) is 5.82. The maximum atomic E-state index is 14.3. The molecule has 0 bridgehead atoms. The second-order valence-corrected chi connectivity index (χ2v) is 7.49. The molecule has 0 amide bonds. The van der Waals surface area contributed by atoms with Crippen molar-refractivity contribution in [3.8, 4) is 5.75 Å². The fourth-order valence-corrected chi connectivity index (χ4v) is 4.25. The van der Waals surface area contributed by atoms with Gasteiger partial charge in [0, 0.05) is 56.3 Å². The van der Waals surface area contributed by atoms with E-state index in [1.165, 1.54) is 25.3 Å². The number of likely N-dealkylation sites (tertiary alicyclic amines) is 1. The number of halogens is 5. The molecule has 4 rings (SSSR count). The summed E-state index contributed by atoms with van der Waals surface area (Å²) in [6.07, 6.45) is -1.50. The first-order valence-electron chi connectivity index (χ1n) is 9.80. The van der Waals surface area contributed by atoms with Crippen molar-refractivity contribution in [3.05, 3.63) is 35.9 Å². The molecular formula is C21H24ClF4N3O2. The van der Waals surface area contributed by atoms with Crippen LogP contribution in [-0.4, -0.2) is 54.4 Å². The number of benzene rings is 1. The van der Waals surface area contributed by atoms with E-state index in [4.69, 9.17) is 9.47 Å². The number of alkyl halides is 3. The van der Waals surface area contributed by atoms with E-state index in [9.17, 15) is 17.6 Å². The van der Waals surface area contributed by atoms with Crippen molar-refractivity contribution >= 4 is 34.2 Å². The Labute approximate surface area is 183 Å². The van der Waals surface area contributed by atoms with E-state index >= 15 is 0 Å². The maximum absolute atomic E-state index is 14.3. The zero-order valence-corrected chi connectivity index (χ0v) is 18.0. The third kappa shape index (κ3) is 4.44. The molecule has 170 valence electrons. The molecule has 0 unspecified atom stereocenters. The van der Waals surface area contributed by atoms with Crippen LogP contribution in [0.5, 0.6) is 5.75 Å². The fourth-order valence-electron chi connectivity index (χ4n) is 4.25. The van der Waals surface area contributed by atoms with Crippen molar-refractivity contribution in [3.63, 3.8) is 0 Å². The lowest BCUT2D eigenvalue weighted by Gasteiger charge is -2.31. The maximum Gasteiger partial charge on any atom is 0.435 e. The standard InChI is InChI=1S/C21H23F4N3O2.ClH/c1-29-13-4-7-27(8-5-13)9-10-28-17-12-18(30-2)16(22)11-15(17)14-3-6-26-20(19(14)28)21(23,24)25;/h3,6,11-13H,4-5,7-10H2,1-2H3;1H.